The third kappa shape index (κ3) is 4.56. The number of aromatic nitrogens is 2. The molecule has 0 aliphatic heterocycles. The van der Waals surface area contributed by atoms with Crippen molar-refractivity contribution in [1.82, 2.24) is 15.5 Å². The zero-order valence-electron chi connectivity index (χ0n) is 11.0. The highest BCUT2D eigenvalue weighted by atomic mass is 16.2. The molecule has 0 spiro atoms. The summed E-state index contributed by atoms with van der Waals surface area (Å²) in [6, 6.07) is 2.22. The number of rotatable bonds is 6. The normalized spacial score (nSPS) is 12.8. The number of hydrogen-bond donors (Lipinski definition) is 3. The number of aromatic amines is 1. The summed E-state index contributed by atoms with van der Waals surface area (Å²) in [5.41, 5.74) is 1.02. The Morgan fingerprint density at radius 3 is 2.71 bits per heavy atom. The van der Waals surface area contributed by atoms with Gasteiger partial charge in [0.05, 0.1) is 6.54 Å². The number of carbonyl (C=O) groups excluding carboxylic acids is 1. The van der Waals surface area contributed by atoms with E-state index in [1.165, 1.54) is 0 Å². The molecule has 1 rings (SSSR count). The summed E-state index contributed by atoms with van der Waals surface area (Å²) in [6.07, 6.45) is 1.01. The first-order chi connectivity index (χ1) is 8.02. The fraction of sp³-hybridized carbons (Fsp3) is 0.667. The third-order valence-corrected chi connectivity index (χ3v) is 2.71. The molecule has 17 heavy (non-hydrogen) atoms. The first-order valence-electron chi connectivity index (χ1n) is 6.11. The minimum Gasteiger partial charge on any atom is -0.308 e. The van der Waals surface area contributed by atoms with E-state index in [1.54, 1.807) is 0 Å². The van der Waals surface area contributed by atoms with Crippen molar-refractivity contribution in [2.75, 3.05) is 11.9 Å². The Bertz CT molecular complexity index is 359. The Morgan fingerprint density at radius 1 is 1.47 bits per heavy atom. The van der Waals surface area contributed by atoms with Gasteiger partial charge in [-0.25, -0.2) is 0 Å². The Labute approximate surface area is 102 Å². The molecule has 96 valence electrons. The largest absolute Gasteiger partial charge is 0.308 e. The van der Waals surface area contributed by atoms with Crippen LogP contribution in [0.25, 0.3) is 0 Å². The van der Waals surface area contributed by atoms with E-state index in [0.717, 1.165) is 12.1 Å². The molecule has 1 amide bonds. The molecular weight excluding hydrogens is 216 g/mol. The molecule has 0 aliphatic rings. The number of amides is 1. The van der Waals surface area contributed by atoms with E-state index >= 15 is 0 Å². The van der Waals surface area contributed by atoms with Gasteiger partial charge in [-0.15, -0.1) is 0 Å². The van der Waals surface area contributed by atoms with Gasteiger partial charge in [-0.2, -0.15) is 5.10 Å². The summed E-state index contributed by atoms with van der Waals surface area (Å²) in [7, 11) is 0. The topological polar surface area (TPSA) is 69.8 Å². The lowest BCUT2D eigenvalue weighted by atomic mass is 10.1. The predicted octanol–water partition coefficient (Wildman–Crippen LogP) is 1.86. The summed E-state index contributed by atoms with van der Waals surface area (Å²) in [5, 5.41) is 12.8. The van der Waals surface area contributed by atoms with Crippen molar-refractivity contribution in [1.29, 1.82) is 0 Å². The van der Waals surface area contributed by atoms with Crippen molar-refractivity contribution in [3.63, 3.8) is 0 Å². The van der Waals surface area contributed by atoms with Crippen LogP contribution in [0.15, 0.2) is 6.07 Å². The van der Waals surface area contributed by atoms with Gasteiger partial charge in [-0.3, -0.25) is 9.89 Å². The Morgan fingerprint density at radius 2 is 2.18 bits per heavy atom. The molecule has 1 unspecified atom stereocenters. The molecule has 3 N–H and O–H groups in total. The van der Waals surface area contributed by atoms with Crippen molar-refractivity contribution in [2.24, 2.45) is 0 Å². The Hall–Kier alpha value is -1.36. The minimum absolute atomic E-state index is 0.0629. The van der Waals surface area contributed by atoms with Crippen molar-refractivity contribution in [2.45, 2.75) is 46.1 Å². The summed E-state index contributed by atoms with van der Waals surface area (Å²) in [5.74, 6) is 0.906. The lowest BCUT2D eigenvalue weighted by Crippen LogP contribution is -2.34. The molecule has 1 heterocycles. The van der Waals surface area contributed by atoms with Crippen molar-refractivity contribution in [3.05, 3.63) is 11.8 Å². The molecule has 5 heteroatoms. The molecule has 0 aliphatic carbocycles. The molecular formula is C12H22N4O. The van der Waals surface area contributed by atoms with E-state index in [0.29, 0.717) is 24.3 Å². The Kier molecular flexibility index (Phi) is 5.15. The predicted molar refractivity (Wildman–Crippen MR) is 69.1 cm³/mol. The van der Waals surface area contributed by atoms with Gasteiger partial charge >= 0.3 is 0 Å². The summed E-state index contributed by atoms with van der Waals surface area (Å²) < 4.78 is 0. The van der Waals surface area contributed by atoms with Gasteiger partial charge in [0.2, 0.25) is 5.91 Å². The molecule has 0 aromatic carbocycles. The van der Waals surface area contributed by atoms with E-state index in [1.807, 2.05) is 6.07 Å². The zero-order chi connectivity index (χ0) is 12.8. The summed E-state index contributed by atoms with van der Waals surface area (Å²) >= 11 is 0. The van der Waals surface area contributed by atoms with Crippen LogP contribution < -0.4 is 10.6 Å². The first-order valence-corrected chi connectivity index (χ1v) is 6.11. The molecule has 0 bridgehead atoms. The van der Waals surface area contributed by atoms with Crippen LogP contribution >= 0.6 is 0 Å². The van der Waals surface area contributed by atoms with Crippen LogP contribution in [0.2, 0.25) is 0 Å². The number of hydrogen-bond acceptors (Lipinski definition) is 3. The number of H-pyrrole nitrogens is 1. The monoisotopic (exact) mass is 238 g/mol. The van der Waals surface area contributed by atoms with Gasteiger partial charge in [-0.1, -0.05) is 20.8 Å². The molecule has 0 saturated carbocycles. The van der Waals surface area contributed by atoms with E-state index in [4.69, 9.17) is 0 Å². The first kappa shape index (κ1) is 13.7. The van der Waals surface area contributed by atoms with Crippen molar-refractivity contribution >= 4 is 11.7 Å². The van der Waals surface area contributed by atoms with Crippen molar-refractivity contribution < 1.29 is 4.79 Å². The fourth-order valence-electron chi connectivity index (χ4n) is 1.29. The summed E-state index contributed by atoms with van der Waals surface area (Å²) in [4.78, 5) is 11.6. The SMILES string of the molecule is CCC(C)NCC(=O)Nc1cc(C(C)C)[nH]n1. The molecule has 0 saturated heterocycles. The van der Waals surface area contributed by atoms with Crippen LogP contribution in [0.5, 0.6) is 0 Å². The van der Waals surface area contributed by atoms with E-state index < -0.39 is 0 Å². The van der Waals surface area contributed by atoms with E-state index in [2.05, 4.69) is 48.5 Å². The third-order valence-electron chi connectivity index (χ3n) is 2.71. The van der Waals surface area contributed by atoms with E-state index in [9.17, 15) is 4.79 Å². The maximum absolute atomic E-state index is 11.6. The van der Waals surface area contributed by atoms with Crippen molar-refractivity contribution in [3.8, 4) is 0 Å². The van der Waals surface area contributed by atoms with Crippen LogP contribution in [0, 0.1) is 0 Å². The quantitative estimate of drug-likeness (QED) is 0.708. The molecule has 1 atom stereocenters. The highest BCUT2D eigenvalue weighted by Gasteiger charge is 2.08. The molecule has 1 aromatic heterocycles. The van der Waals surface area contributed by atoms with Crippen LogP contribution in [0.3, 0.4) is 0 Å². The number of carbonyl (C=O) groups is 1. The van der Waals surface area contributed by atoms with Gasteiger partial charge in [0.15, 0.2) is 5.82 Å². The molecule has 1 aromatic rings. The summed E-state index contributed by atoms with van der Waals surface area (Å²) in [6.45, 7) is 8.60. The number of nitrogens with one attached hydrogen (secondary N) is 3. The number of nitrogens with zero attached hydrogens (tertiary/aromatic N) is 1. The highest BCUT2D eigenvalue weighted by Crippen LogP contribution is 2.14. The van der Waals surface area contributed by atoms with Crippen LogP contribution in [0.4, 0.5) is 5.82 Å². The van der Waals surface area contributed by atoms with Gasteiger partial charge in [0, 0.05) is 17.8 Å². The molecule has 0 fully saturated rings. The second-order valence-corrected chi connectivity index (χ2v) is 4.60. The zero-order valence-corrected chi connectivity index (χ0v) is 11.0. The number of anilines is 1. The fourth-order valence-corrected chi connectivity index (χ4v) is 1.29. The maximum atomic E-state index is 11.6. The lowest BCUT2D eigenvalue weighted by Gasteiger charge is -2.10. The average Bonchev–Trinajstić information content (AvgIpc) is 2.74. The van der Waals surface area contributed by atoms with Crippen LogP contribution in [-0.2, 0) is 4.79 Å². The van der Waals surface area contributed by atoms with Gasteiger partial charge < -0.3 is 10.6 Å². The molecule has 5 nitrogen and oxygen atoms in total. The average molecular weight is 238 g/mol. The highest BCUT2D eigenvalue weighted by molar-refractivity contribution is 5.91. The van der Waals surface area contributed by atoms with E-state index in [-0.39, 0.29) is 5.91 Å². The lowest BCUT2D eigenvalue weighted by molar-refractivity contribution is -0.115. The van der Waals surface area contributed by atoms with Crippen LogP contribution in [-0.4, -0.2) is 28.7 Å². The van der Waals surface area contributed by atoms with Gasteiger partial charge in [0.25, 0.3) is 0 Å². The molecule has 0 radical (unpaired) electrons. The second-order valence-electron chi connectivity index (χ2n) is 4.60. The Balaban J connectivity index is 2.39. The minimum atomic E-state index is -0.0629. The van der Waals surface area contributed by atoms with Gasteiger partial charge in [-0.05, 0) is 19.3 Å². The maximum Gasteiger partial charge on any atom is 0.239 e. The second kappa shape index (κ2) is 6.39. The smallest absolute Gasteiger partial charge is 0.239 e. The standard InChI is InChI=1S/C12H22N4O/c1-5-9(4)13-7-12(17)14-11-6-10(8(2)3)15-16-11/h6,8-9,13H,5,7H2,1-4H3,(H2,14,15,16,17). The van der Waals surface area contributed by atoms with Crippen LogP contribution in [0.1, 0.15) is 45.7 Å². The van der Waals surface area contributed by atoms with Gasteiger partial charge in [0.1, 0.15) is 0 Å².